The standard InChI is InChI=1S/C18H20N4O3S2/c1-2-25-17(24)10-16-21(15(23)12-27-16)8-9-26-18-20-14(11-22(18)19)13-6-4-3-5-7-13/h3-7,10-11H,2,8-9,12,19H2,1H3/b16-10-. The highest BCUT2D eigenvalue weighted by atomic mass is 32.2. The van der Waals surface area contributed by atoms with Crippen LogP contribution in [-0.4, -0.2) is 51.1 Å². The van der Waals surface area contributed by atoms with Crippen molar-refractivity contribution in [2.75, 3.05) is 30.5 Å². The molecular weight excluding hydrogens is 384 g/mol. The predicted molar refractivity (Wildman–Crippen MR) is 107 cm³/mol. The van der Waals surface area contributed by atoms with Crippen molar-refractivity contribution in [1.29, 1.82) is 0 Å². The van der Waals surface area contributed by atoms with Crippen LogP contribution in [0.25, 0.3) is 11.3 Å². The number of hydrogen-bond acceptors (Lipinski definition) is 7. The van der Waals surface area contributed by atoms with Crippen LogP contribution in [0.15, 0.2) is 52.8 Å². The first-order chi connectivity index (χ1) is 13.1. The molecule has 1 fully saturated rings. The normalized spacial score (nSPS) is 15.5. The average Bonchev–Trinajstić information content (AvgIpc) is 3.20. The number of thioether (sulfide) groups is 2. The number of rotatable bonds is 7. The Morgan fingerprint density at radius 1 is 1.41 bits per heavy atom. The minimum absolute atomic E-state index is 0.0165. The molecule has 0 atom stereocenters. The molecule has 0 spiro atoms. The van der Waals surface area contributed by atoms with Gasteiger partial charge in [-0.25, -0.2) is 14.5 Å². The van der Waals surface area contributed by atoms with Gasteiger partial charge in [-0.3, -0.25) is 4.79 Å². The molecule has 1 aliphatic heterocycles. The summed E-state index contributed by atoms with van der Waals surface area (Å²) in [6.07, 6.45) is 3.15. The highest BCUT2D eigenvalue weighted by Crippen LogP contribution is 2.30. The van der Waals surface area contributed by atoms with E-state index >= 15 is 0 Å². The van der Waals surface area contributed by atoms with Crippen molar-refractivity contribution in [3.05, 3.63) is 47.6 Å². The molecule has 7 nitrogen and oxygen atoms in total. The van der Waals surface area contributed by atoms with Gasteiger partial charge in [0, 0.05) is 17.9 Å². The molecule has 0 saturated carbocycles. The topological polar surface area (TPSA) is 90.5 Å². The number of hydrogen-bond donors (Lipinski definition) is 1. The summed E-state index contributed by atoms with van der Waals surface area (Å²) in [5, 5.41) is 1.30. The highest BCUT2D eigenvalue weighted by Gasteiger charge is 2.27. The minimum Gasteiger partial charge on any atom is -0.463 e. The van der Waals surface area contributed by atoms with Gasteiger partial charge in [0.15, 0.2) is 5.16 Å². The molecule has 142 valence electrons. The van der Waals surface area contributed by atoms with Gasteiger partial charge >= 0.3 is 5.97 Å². The minimum atomic E-state index is -0.433. The average molecular weight is 405 g/mol. The molecule has 27 heavy (non-hydrogen) atoms. The van der Waals surface area contributed by atoms with Crippen molar-refractivity contribution in [3.8, 4) is 11.3 Å². The van der Waals surface area contributed by atoms with Gasteiger partial charge in [-0.2, -0.15) is 0 Å². The third-order valence-electron chi connectivity index (χ3n) is 3.75. The molecule has 0 radical (unpaired) electrons. The SMILES string of the molecule is CCOC(=O)/C=C1\SCC(=O)N1CCSc1nc(-c2ccccc2)cn1N. The van der Waals surface area contributed by atoms with E-state index in [2.05, 4.69) is 4.98 Å². The number of amides is 1. The lowest BCUT2D eigenvalue weighted by molar-refractivity contribution is -0.137. The fraction of sp³-hybridized carbons (Fsp3) is 0.278. The van der Waals surface area contributed by atoms with Crippen LogP contribution >= 0.6 is 23.5 Å². The molecule has 9 heteroatoms. The van der Waals surface area contributed by atoms with E-state index in [1.54, 1.807) is 18.0 Å². The van der Waals surface area contributed by atoms with Crippen LogP contribution in [0.4, 0.5) is 0 Å². The fourth-order valence-electron chi connectivity index (χ4n) is 2.51. The van der Waals surface area contributed by atoms with Crippen LogP contribution in [0, 0.1) is 0 Å². The highest BCUT2D eigenvalue weighted by molar-refractivity contribution is 8.04. The monoisotopic (exact) mass is 404 g/mol. The molecule has 2 heterocycles. The molecule has 0 bridgehead atoms. The number of benzene rings is 1. The Hall–Kier alpha value is -2.39. The zero-order chi connectivity index (χ0) is 19.2. The zero-order valence-corrected chi connectivity index (χ0v) is 16.5. The van der Waals surface area contributed by atoms with Crippen LogP contribution in [-0.2, 0) is 14.3 Å². The van der Waals surface area contributed by atoms with Crippen LogP contribution in [0.5, 0.6) is 0 Å². The number of nitrogens with zero attached hydrogens (tertiary/aromatic N) is 3. The molecule has 1 saturated heterocycles. The van der Waals surface area contributed by atoms with Crippen molar-refractivity contribution in [2.24, 2.45) is 0 Å². The summed E-state index contributed by atoms with van der Waals surface area (Å²) in [7, 11) is 0. The Labute approximate surface area is 165 Å². The van der Waals surface area contributed by atoms with Gasteiger partial charge in [0.05, 0.1) is 35.4 Å². The van der Waals surface area contributed by atoms with E-state index in [9.17, 15) is 9.59 Å². The maximum Gasteiger partial charge on any atom is 0.333 e. The summed E-state index contributed by atoms with van der Waals surface area (Å²) in [4.78, 5) is 29.9. The molecule has 2 N–H and O–H groups in total. The number of nitrogens with two attached hydrogens (primary N) is 1. The molecule has 0 unspecified atom stereocenters. The van der Waals surface area contributed by atoms with E-state index in [0.29, 0.717) is 34.8 Å². The van der Waals surface area contributed by atoms with E-state index in [0.717, 1.165) is 11.3 Å². The summed E-state index contributed by atoms with van der Waals surface area (Å²) in [5.74, 6) is 6.49. The maximum absolute atomic E-state index is 12.1. The fourth-order valence-corrected chi connectivity index (χ4v) is 4.29. The van der Waals surface area contributed by atoms with Gasteiger partial charge in [-0.1, -0.05) is 53.9 Å². The number of aromatic nitrogens is 2. The Morgan fingerprint density at radius 3 is 2.93 bits per heavy atom. The first-order valence-electron chi connectivity index (χ1n) is 8.42. The van der Waals surface area contributed by atoms with Crippen LogP contribution in [0.2, 0.25) is 0 Å². The van der Waals surface area contributed by atoms with E-state index in [1.165, 1.54) is 34.3 Å². The molecule has 1 aliphatic rings. The van der Waals surface area contributed by atoms with Crippen molar-refractivity contribution in [3.63, 3.8) is 0 Å². The number of esters is 1. The molecule has 0 aliphatic carbocycles. The Kier molecular flexibility index (Phi) is 6.46. The summed E-state index contributed by atoms with van der Waals surface area (Å²) < 4.78 is 6.41. The zero-order valence-electron chi connectivity index (χ0n) is 14.8. The number of carbonyl (C=O) groups is 2. The van der Waals surface area contributed by atoms with E-state index in [4.69, 9.17) is 10.6 Å². The van der Waals surface area contributed by atoms with Crippen LogP contribution in [0.1, 0.15) is 6.92 Å². The summed E-state index contributed by atoms with van der Waals surface area (Å²) in [6, 6.07) is 9.80. The second kappa shape index (κ2) is 9.01. The van der Waals surface area contributed by atoms with Crippen LogP contribution < -0.4 is 5.84 Å². The maximum atomic E-state index is 12.1. The number of carbonyl (C=O) groups excluding carboxylic acids is 2. The van der Waals surface area contributed by atoms with E-state index in [-0.39, 0.29) is 5.91 Å². The first kappa shape index (κ1) is 19.4. The quantitative estimate of drug-likeness (QED) is 0.328. The second-order valence-corrected chi connectivity index (χ2v) is 7.66. The molecule has 2 aromatic rings. The number of nitrogen functional groups attached to an aromatic ring is 1. The van der Waals surface area contributed by atoms with E-state index < -0.39 is 5.97 Å². The van der Waals surface area contributed by atoms with Gasteiger partial charge < -0.3 is 15.5 Å². The number of imidazole rings is 1. The van der Waals surface area contributed by atoms with Crippen molar-refractivity contribution in [2.45, 2.75) is 12.1 Å². The third kappa shape index (κ3) is 4.86. The summed E-state index contributed by atoms with van der Waals surface area (Å²) in [6.45, 7) is 2.52. The smallest absolute Gasteiger partial charge is 0.333 e. The second-order valence-electron chi connectivity index (χ2n) is 5.60. The molecule has 1 aromatic carbocycles. The third-order valence-corrected chi connectivity index (χ3v) is 5.72. The summed E-state index contributed by atoms with van der Waals surface area (Å²) >= 11 is 2.81. The lowest BCUT2D eigenvalue weighted by atomic mass is 10.2. The lowest BCUT2D eigenvalue weighted by Gasteiger charge is -2.16. The molecule has 3 rings (SSSR count). The number of ether oxygens (including phenoxy) is 1. The molecule has 1 aromatic heterocycles. The largest absolute Gasteiger partial charge is 0.463 e. The Bertz CT molecular complexity index is 852. The van der Waals surface area contributed by atoms with Crippen LogP contribution in [0.3, 0.4) is 0 Å². The van der Waals surface area contributed by atoms with Gasteiger partial charge in [0.2, 0.25) is 5.91 Å². The Balaban J connectivity index is 1.61. The van der Waals surface area contributed by atoms with E-state index in [1.807, 2.05) is 30.3 Å². The van der Waals surface area contributed by atoms with Gasteiger partial charge in [0.1, 0.15) is 0 Å². The van der Waals surface area contributed by atoms with Crippen molar-refractivity contribution in [1.82, 2.24) is 14.6 Å². The molecule has 1 amide bonds. The van der Waals surface area contributed by atoms with Gasteiger partial charge in [-0.15, -0.1) is 0 Å². The Morgan fingerprint density at radius 2 is 2.19 bits per heavy atom. The first-order valence-corrected chi connectivity index (χ1v) is 10.4. The van der Waals surface area contributed by atoms with Gasteiger partial charge in [0.25, 0.3) is 0 Å². The van der Waals surface area contributed by atoms with Gasteiger partial charge in [-0.05, 0) is 6.92 Å². The predicted octanol–water partition coefficient (Wildman–Crippen LogP) is 2.34. The molecular formula is C18H20N4O3S2. The van der Waals surface area contributed by atoms with Crippen molar-refractivity contribution < 1.29 is 14.3 Å². The lowest BCUT2D eigenvalue weighted by Crippen LogP contribution is -2.27. The van der Waals surface area contributed by atoms with Crippen molar-refractivity contribution >= 4 is 35.4 Å². The summed E-state index contributed by atoms with van der Waals surface area (Å²) in [5.41, 5.74) is 1.80.